The molecule has 5 nitrogen and oxygen atoms in total. The molecule has 0 fully saturated rings. The SMILES string of the molecule is C1=CC(C2=NC(c3ccccc3)NC(c3cc(-c4cc(-c5ccccc5)cc(-c5ccccc5)c4)ccc3C3=CCCC4Oc5c(ccc6c7ccccc7n(-c7ccccc7)c56)C34)N2)=CCC1. The van der Waals surface area contributed by atoms with Gasteiger partial charge < -0.3 is 14.6 Å². The van der Waals surface area contributed by atoms with Crippen molar-refractivity contribution in [3.05, 3.63) is 246 Å². The fraction of sp³-hybridized carbons (Fsp3) is 0.127. The Morgan fingerprint density at radius 2 is 1.22 bits per heavy atom. The number of fused-ring (bicyclic) bond motifs is 7. The van der Waals surface area contributed by atoms with E-state index in [1.165, 1.54) is 66.4 Å². The van der Waals surface area contributed by atoms with Crippen LogP contribution in [0.15, 0.2) is 229 Å². The third kappa shape index (κ3) is 7.10. The van der Waals surface area contributed by atoms with E-state index in [1.807, 2.05) is 0 Å². The summed E-state index contributed by atoms with van der Waals surface area (Å²) in [6.45, 7) is 0. The van der Waals surface area contributed by atoms with Gasteiger partial charge in [0.05, 0.1) is 11.0 Å². The summed E-state index contributed by atoms with van der Waals surface area (Å²) in [4.78, 5) is 5.37. The van der Waals surface area contributed by atoms with Crippen molar-refractivity contribution in [3.63, 3.8) is 0 Å². The Balaban J connectivity index is 0.999. The molecular weight excluding hydrogens is 829 g/mol. The van der Waals surface area contributed by atoms with Gasteiger partial charge >= 0.3 is 0 Å². The number of aromatic nitrogens is 1. The van der Waals surface area contributed by atoms with Gasteiger partial charge in [0, 0.05) is 33.5 Å². The van der Waals surface area contributed by atoms with Crippen LogP contribution in [0.25, 0.3) is 66.4 Å². The van der Waals surface area contributed by atoms with Crippen molar-refractivity contribution in [2.45, 2.75) is 50.0 Å². The quantitative estimate of drug-likeness (QED) is 0.160. The second-order valence-corrected chi connectivity index (χ2v) is 18.4. The van der Waals surface area contributed by atoms with Gasteiger partial charge in [-0.2, -0.15) is 0 Å². The number of amidine groups is 1. The van der Waals surface area contributed by atoms with Crippen LogP contribution in [0, 0.1) is 0 Å². The Morgan fingerprint density at radius 3 is 1.94 bits per heavy atom. The molecule has 0 saturated heterocycles. The van der Waals surface area contributed by atoms with E-state index in [-0.39, 0.29) is 24.4 Å². The zero-order valence-electron chi connectivity index (χ0n) is 37.7. The maximum Gasteiger partial charge on any atom is 0.148 e. The van der Waals surface area contributed by atoms with Crippen LogP contribution in [0.3, 0.4) is 0 Å². The molecule has 0 amide bonds. The fourth-order valence-corrected chi connectivity index (χ4v) is 11.2. The summed E-state index contributed by atoms with van der Waals surface area (Å²) >= 11 is 0. The molecule has 1 aromatic heterocycles. The highest BCUT2D eigenvalue weighted by Crippen LogP contribution is 2.54. The Kier molecular flexibility index (Phi) is 10.1. The summed E-state index contributed by atoms with van der Waals surface area (Å²) in [5, 5.41) is 10.4. The highest BCUT2D eigenvalue weighted by atomic mass is 16.5. The molecule has 5 heteroatoms. The third-order valence-corrected chi connectivity index (χ3v) is 14.4. The molecule has 2 N–H and O–H groups in total. The maximum atomic E-state index is 7.30. The molecule has 0 radical (unpaired) electrons. The van der Waals surface area contributed by atoms with E-state index in [9.17, 15) is 0 Å². The van der Waals surface area contributed by atoms with Crippen LogP contribution in [-0.4, -0.2) is 16.5 Å². The van der Waals surface area contributed by atoms with Crippen LogP contribution >= 0.6 is 0 Å². The molecule has 3 heterocycles. The summed E-state index contributed by atoms with van der Waals surface area (Å²) < 4.78 is 9.71. The second kappa shape index (κ2) is 17.0. The van der Waals surface area contributed by atoms with Crippen molar-refractivity contribution < 1.29 is 4.74 Å². The van der Waals surface area contributed by atoms with Crippen molar-refractivity contribution in [2.75, 3.05) is 0 Å². The first-order valence-corrected chi connectivity index (χ1v) is 24.1. The first-order valence-electron chi connectivity index (χ1n) is 24.1. The lowest BCUT2D eigenvalue weighted by Gasteiger charge is -2.35. The van der Waals surface area contributed by atoms with E-state index < -0.39 is 0 Å². The van der Waals surface area contributed by atoms with Gasteiger partial charge in [-0.1, -0.05) is 176 Å². The van der Waals surface area contributed by atoms with Gasteiger partial charge in [0.15, 0.2) is 0 Å². The van der Waals surface area contributed by atoms with Crippen molar-refractivity contribution in [3.8, 4) is 44.8 Å². The Labute approximate surface area is 397 Å². The molecular formula is C63H50N4O. The van der Waals surface area contributed by atoms with Crippen molar-refractivity contribution in [1.29, 1.82) is 0 Å². The van der Waals surface area contributed by atoms with Crippen LogP contribution in [0.1, 0.15) is 66.2 Å². The molecule has 2 aliphatic heterocycles. The smallest absolute Gasteiger partial charge is 0.148 e. The van der Waals surface area contributed by atoms with E-state index in [4.69, 9.17) is 9.73 Å². The predicted molar refractivity (Wildman–Crippen MR) is 280 cm³/mol. The molecule has 0 bridgehead atoms. The van der Waals surface area contributed by atoms with Gasteiger partial charge in [0.1, 0.15) is 30.0 Å². The van der Waals surface area contributed by atoms with Crippen LogP contribution in [0.2, 0.25) is 0 Å². The van der Waals surface area contributed by atoms with Crippen LogP contribution in [-0.2, 0) is 0 Å². The number of nitrogens with zero attached hydrogens (tertiary/aromatic N) is 2. The highest BCUT2D eigenvalue weighted by Gasteiger charge is 2.42. The molecule has 4 unspecified atom stereocenters. The van der Waals surface area contributed by atoms with Gasteiger partial charge in [0.2, 0.25) is 0 Å². The summed E-state index contributed by atoms with van der Waals surface area (Å²) in [5.74, 6) is 1.96. The number of ether oxygens (including phenoxy) is 1. The summed E-state index contributed by atoms with van der Waals surface area (Å²) in [6.07, 6.45) is 12.7. The topological polar surface area (TPSA) is 50.6 Å². The number of rotatable bonds is 8. The Hall–Kier alpha value is -7.99. The average molecular weight is 879 g/mol. The third-order valence-electron chi connectivity index (χ3n) is 14.4. The minimum absolute atomic E-state index is 0.000318. The van der Waals surface area contributed by atoms with Gasteiger partial charge in [0.25, 0.3) is 0 Å². The average Bonchev–Trinajstić information content (AvgIpc) is 3.98. The van der Waals surface area contributed by atoms with E-state index >= 15 is 0 Å². The summed E-state index contributed by atoms with van der Waals surface area (Å²) in [6, 6.07) is 70.5. The fourth-order valence-electron chi connectivity index (χ4n) is 11.2. The zero-order chi connectivity index (χ0) is 45.0. The summed E-state index contributed by atoms with van der Waals surface area (Å²) in [7, 11) is 0. The lowest BCUT2D eigenvalue weighted by atomic mass is 9.76. The number of benzene rings is 8. The molecule has 2 aliphatic carbocycles. The lowest BCUT2D eigenvalue weighted by molar-refractivity contribution is 0.209. The highest BCUT2D eigenvalue weighted by molar-refractivity contribution is 6.12. The normalized spacial score (nSPS) is 19.6. The first-order chi connectivity index (χ1) is 33.7. The number of hydrogen-bond acceptors (Lipinski definition) is 4. The Morgan fingerprint density at radius 1 is 0.544 bits per heavy atom. The van der Waals surface area contributed by atoms with E-state index in [0.29, 0.717) is 0 Å². The molecule has 4 atom stereocenters. The van der Waals surface area contributed by atoms with Crippen molar-refractivity contribution in [1.82, 2.24) is 15.2 Å². The molecule has 13 rings (SSSR count). The minimum Gasteiger partial charge on any atom is -0.487 e. The predicted octanol–water partition coefficient (Wildman–Crippen LogP) is 15.1. The number of para-hydroxylation sites is 2. The van der Waals surface area contributed by atoms with E-state index in [0.717, 1.165) is 65.2 Å². The van der Waals surface area contributed by atoms with Crippen molar-refractivity contribution >= 4 is 33.2 Å². The standard InChI is InChI=1S/C63H50N4O/c1-6-19-41(20-7-1)46-37-47(42-21-8-2-9-22-42)39-48(38-46)45-33-34-50(55(40-45)63-65-61(43-23-10-3-11-24-43)64-62(66-63)44-25-12-4-13-26-44)52-30-18-32-57-58(52)54-36-35-53-51-29-16-17-31-56(51)67(59(53)60(54)68-57)49-27-14-5-15-28-49/h1-3,5-12,14-17,19-31,33-40,57-58,61,63,65H,4,13,18,32H2,(H,64,66). The molecule has 0 saturated carbocycles. The molecule has 4 aliphatic rings. The lowest BCUT2D eigenvalue weighted by Crippen LogP contribution is -2.45. The number of hydrogen-bond donors (Lipinski definition) is 2. The number of nitrogens with one attached hydrogen (secondary N) is 2. The van der Waals surface area contributed by atoms with Gasteiger partial charge in [-0.3, -0.25) is 5.32 Å². The largest absolute Gasteiger partial charge is 0.487 e. The van der Waals surface area contributed by atoms with Crippen molar-refractivity contribution in [2.24, 2.45) is 4.99 Å². The molecule has 68 heavy (non-hydrogen) atoms. The molecule has 0 spiro atoms. The van der Waals surface area contributed by atoms with Gasteiger partial charge in [-0.05, 0) is 124 Å². The zero-order valence-corrected chi connectivity index (χ0v) is 37.7. The first kappa shape index (κ1) is 40.3. The molecule has 8 aromatic carbocycles. The minimum atomic E-state index is -0.268. The van der Waals surface area contributed by atoms with Crippen LogP contribution < -0.4 is 15.4 Å². The number of aliphatic imine (C=N–C) groups is 1. The monoisotopic (exact) mass is 878 g/mol. The van der Waals surface area contributed by atoms with Crippen LogP contribution in [0.5, 0.6) is 5.75 Å². The van der Waals surface area contributed by atoms with Gasteiger partial charge in [-0.25, -0.2) is 4.99 Å². The second-order valence-electron chi connectivity index (χ2n) is 18.4. The van der Waals surface area contributed by atoms with E-state index in [1.54, 1.807) is 0 Å². The molecule has 9 aromatic rings. The van der Waals surface area contributed by atoms with Crippen LogP contribution in [0.4, 0.5) is 0 Å². The number of allylic oxidation sites excluding steroid dienone is 3. The van der Waals surface area contributed by atoms with E-state index in [2.05, 4.69) is 234 Å². The maximum absolute atomic E-state index is 7.30. The van der Waals surface area contributed by atoms with Gasteiger partial charge in [-0.15, -0.1) is 0 Å². The summed E-state index contributed by atoms with van der Waals surface area (Å²) in [5.41, 5.74) is 17.8. The Bertz CT molecular complexity index is 3440. The molecule has 328 valence electrons.